The summed E-state index contributed by atoms with van der Waals surface area (Å²) in [5.41, 5.74) is 1.17. The number of carbonyl (C=O) groups is 3. The minimum atomic E-state index is -0.453. The van der Waals surface area contributed by atoms with Crippen molar-refractivity contribution in [2.75, 3.05) is 19.7 Å². The third kappa shape index (κ3) is 3.80. The fourth-order valence-corrected chi connectivity index (χ4v) is 4.62. The first-order valence-corrected chi connectivity index (χ1v) is 10.4. The molecule has 2 aliphatic heterocycles. The van der Waals surface area contributed by atoms with Crippen molar-refractivity contribution >= 4 is 29.1 Å². The van der Waals surface area contributed by atoms with Gasteiger partial charge >= 0.3 is 6.09 Å². The molecule has 1 aromatic carbocycles. The molecule has 146 valence electrons. The van der Waals surface area contributed by atoms with E-state index < -0.39 is 11.7 Å². The number of carbonyl (C=O) groups excluding carboxylic acids is 3. The maximum absolute atomic E-state index is 12.5. The van der Waals surface area contributed by atoms with Gasteiger partial charge in [0.05, 0.1) is 10.9 Å². The average molecular weight is 398 g/mol. The van der Waals surface area contributed by atoms with Gasteiger partial charge in [0, 0.05) is 19.1 Å². The van der Waals surface area contributed by atoms with Gasteiger partial charge in [-0.15, -0.1) is 11.3 Å². The predicted octanol–water partition coefficient (Wildman–Crippen LogP) is 2.99. The van der Waals surface area contributed by atoms with Crippen LogP contribution in [0.15, 0.2) is 47.8 Å². The van der Waals surface area contributed by atoms with E-state index in [9.17, 15) is 14.4 Å². The number of hydrogen-bond acceptors (Lipinski definition) is 5. The summed E-state index contributed by atoms with van der Waals surface area (Å²) in [4.78, 5) is 41.0. The summed E-state index contributed by atoms with van der Waals surface area (Å²) in [6.45, 7) is 1.34. The van der Waals surface area contributed by atoms with E-state index in [2.05, 4.69) is 12.1 Å². The quantitative estimate of drug-likeness (QED) is 0.574. The van der Waals surface area contributed by atoms with Gasteiger partial charge in [-0.05, 0) is 36.3 Å². The van der Waals surface area contributed by atoms with E-state index in [1.807, 2.05) is 23.1 Å². The fraction of sp³-hybridized carbons (Fsp3) is 0.381. The molecule has 2 saturated heterocycles. The molecule has 4 rings (SSSR count). The predicted molar refractivity (Wildman–Crippen MR) is 105 cm³/mol. The summed E-state index contributed by atoms with van der Waals surface area (Å²) < 4.78 is 5.32. The molecule has 0 saturated carbocycles. The van der Waals surface area contributed by atoms with Crippen molar-refractivity contribution in [2.24, 2.45) is 0 Å². The zero-order valence-corrected chi connectivity index (χ0v) is 16.3. The second-order valence-corrected chi connectivity index (χ2v) is 8.11. The first-order chi connectivity index (χ1) is 13.6. The van der Waals surface area contributed by atoms with Gasteiger partial charge in [0.25, 0.3) is 11.7 Å². The standard InChI is InChI=1S/C21H22N2O4S/c24-19(18-7-4-12-28-18)20(25)22-10-8-16(9-11-22)23-17(14-27-21(23)26)13-15-5-2-1-3-6-15/h1-7,12,16-17H,8-11,13-14H2. The van der Waals surface area contributed by atoms with Crippen LogP contribution in [0.1, 0.15) is 28.1 Å². The van der Waals surface area contributed by atoms with Crippen LogP contribution in [0.2, 0.25) is 0 Å². The van der Waals surface area contributed by atoms with Gasteiger partial charge < -0.3 is 9.64 Å². The summed E-state index contributed by atoms with van der Waals surface area (Å²) in [7, 11) is 0. The average Bonchev–Trinajstić information content (AvgIpc) is 3.38. The molecule has 7 heteroatoms. The molecule has 2 aliphatic rings. The van der Waals surface area contributed by atoms with Crippen LogP contribution >= 0.6 is 11.3 Å². The minimum Gasteiger partial charge on any atom is -0.447 e. The molecule has 0 aliphatic carbocycles. The van der Waals surface area contributed by atoms with Crippen molar-refractivity contribution in [3.8, 4) is 0 Å². The molecule has 3 heterocycles. The van der Waals surface area contributed by atoms with Crippen LogP contribution in [0.5, 0.6) is 0 Å². The van der Waals surface area contributed by atoms with Crippen molar-refractivity contribution in [3.63, 3.8) is 0 Å². The molecule has 0 radical (unpaired) electrons. The molecule has 2 aromatic rings. The van der Waals surface area contributed by atoms with Crippen molar-refractivity contribution in [1.82, 2.24) is 9.80 Å². The number of amides is 2. The molecule has 28 heavy (non-hydrogen) atoms. The van der Waals surface area contributed by atoms with Gasteiger partial charge in [-0.3, -0.25) is 14.5 Å². The highest BCUT2D eigenvalue weighted by molar-refractivity contribution is 7.13. The third-order valence-electron chi connectivity index (χ3n) is 5.40. The second kappa shape index (κ2) is 8.14. The van der Waals surface area contributed by atoms with E-state index in [4.69, 9.17) is 4.74 Å². The van der Waals surface area contributed by atoms with Crippen LogP contribution in [-0.4, -0.2) is 59.4 Å². The van der Waals surface area contributed by atoms with Crippen LogP contribution in [0.25, 0.3) is 0 Å². The molecular formula is C21H22N2O4S. The van der Waals surface area contributed by atoms with E-state index in [0.717, 1.165) is 6.42 Å². The van der Waals surface area contributed by atoms with Crippen molar-refractivity contribution in [2.45, 2.75) is 31.3 Å². The summed E-state index contributed by atoms with van der Waals surface area (Å²) >= 11 is 1.28. The molecule has 0 N–H and O–H groups in total. The largest absolute Gasteiger partial charge is 0.447 e. The van der Waals surface area contributed by atoms with Crippen molar-refractivity contribution in [3.05, 3.63) is 58.3 Å². The number of rotatable bonds is 5. The molecular weight excluding hydrogens is 376 g/mol. The number of Topliss-reactive ketones (excluding diaryl/α,β-unsaturated/α-hetero) is 1. The highest BCUT2D eigenvalue weighted by Gasteiger charge is 2.40. The molecule has 1 atom stereocenters. The van der Waals surface area contributed by atoms with Crippen molar-refractivity contribution < 1.29 is 19.1 Å². The lowest BCUT2D eigenvalue weighted by molar-refractivity contribution is -0.127. The smallest absolute Gasteiger partial charge is 0.410 e. The molecule has 0 spiro atoms. The number of thiophene rings is 1. The third-order valence-corrected chi connectivity index (χ3v) is 6.27. The SMILES string of the molecule is O=C(C(=O)N1CCC(N2C(=O)OCC2Cc2ccccc2)CC1)c1cccs1. The lowest BCUT2D eigenvalue weighted by atomic mass is 9.99. The minimum absolute atomic E-state index is 0.00917. The van der Waals surface area contributed by atoms with Crippen molar-refractivity contribution in [1.29, 1.82) is 0 Å². The Bertz CT molecular complexity index is 845. The Labute approximate surface area is 167 Å². The maximum Gasteiger partial charge on any atom is 0.410 e. The number of hydrogen-bond donors (Lipinski definition) is 0. The normalized spacial score (nSPS) is 20.3. The molecule has 0 bridgehead atoms. The van der Waals surface area contributed by atoms with E-state index in [-0.39, 0.29) is 18.2 Å². The molecule has 2 fully saturated rings. The van der Waals surface area contributed by atoms with E-state index >= 15 is 0 Å². The van der Waals surface area contributed by atoms with Crippen LogP contribution in [-0.2, 0) is 16.0 Å². The Balaban J connectivity index is 1.37. The van der Waals surface area contributed by atoms with Gasteiger partial charge in [0.15, 0.2) is 0 Å². The maximum atomic E-state index is 12.5. The topological polar surface area (TPSA) is 66.9 Å². The zero-order chi connectivity index (χ0) is 19.5. The summed E-state index contributed by atoms with van der Waals surface area (Å²) in [5, 5.41) is 1.79. The van der Waals surface area contributed by atoms with Gasteiger partial charge in [-0.2, -0.15) is 0 Å². The first-order valence-electron chi connectivity index (χ1n) is 9.49. The Hall–Kier alpha value is -2.67. The van der Waals surface area contributed by atoms with Gasteiger partial charge in [-0.25, -0.2) is 4.79 Å². The summed E-state index contributed by atoms with van der Waals surface area (Å²) in [5.74, 6) is -0.901. The zero-order valence-electron chi connectivity index (χ0n) is 15.5. The number of likely N-dealkylation sites (tertiary alicyclic amines) is 1. The van der Waals surface area contributed by atoms with Crippen LogP contribution < -0.4 is 0 Å². The lowest BCUT2D eigenvalue weighted by Gasteiger charge is -2.37. The first kappa shape index (κ1) is 18.7. The number of nitrogens with zero attached hydrogens (tertiary/aromatic N) is 2. The van der Waals surface area contributed by atoms with Gasteiger partial charge in [0.1, 0.15) is 6.61 Å². The molecule has 1 aromatic heterocycles. The molecule has 2 amide bonds. The summed E-state index contributed by atoms with van der Waals surface area (Å²) in [6.07, 6.45) is 1.79. The Morgan fingerprint density at radius 2 is 1.82 bits per heavy atom. The fourth-order valence-electron chi connectivity index (χ4n) is 3.97. The number of ketones is 1. The number of benzene rings is 1. The monoisotopic (exact) mass is 398 g/mol. The van der Waals surface area contributed by atoms with E-state index in [1.165, 1.54) is 16.9 Å². The second-order valence-electron chi connectivity index (χ2n) is 7.16. The molecule has 1 unspecified atom stereocenters. The Morgan fingerprint density at radius 3 is 2.50 bits per heavy atom. The summed E-state index contributed by atoms with van der Waals surface area (Å²) in [6, 6.07) is 13.5. The number of cyclic esters (lactones) is 1. The van der Waals surface area contributed by atoms with Crippen LogP contribution in [0, 0.1) is 0 Å². The van der Waals surface area contributed by atoms with E-state index in [1.54, 1.807) is 22.4 Å². The number of ether oxygens (including phenoxy) is 1. The van der Waals surface area contributed by atoms with E-state index in [0.29, 0.717) is 37.4 Å². The van der Waals surface area contributed by atoms with Gasteiger partial charge in [-0.1, -0.05) is 36.4 Å². The highest BCUT2D eigenvalue weighted by Crippen LogP contribution is 2.26. The Morgan fingerprint density at radius 1 is 1.07 bits per heavy atom. The van der Waals surface area contributed by atoms with Crippen LogP contribution in [0.4, 0.5) is 4.79 Å². The molecule has 6 nitrogen and oxygen atoms in total. The van der Waals surface area contributed by atoms with Gasteiger partial charge in [0.2, 0.25) is 0 Å². The lowest BCUT2D eigenvalue weighted by Crippen LogP contribution is -2.51. The number of piperidine rings is 1. The highest BCUT2D eigenvalue weighted by atomic mass is 32.1. The van der Waals surface area contributed by atoms with Crippen LogP contribution in [0.3, 0.4) is 0 Å². The Kier molecular flexibility index (Phi) is 5.43.